The van der Waals surface area contributed by atoms with E-state index in [-0.39, 0.29) is 12.6 Å². The van der Waals surface area contributed by atoms with Crippen molar-refractivity contribution in [2.45, 2.75) is 58.5 Å². The highest BCUT2D eigenvalue weighted by Gasteiger charge is 2.21. The molecule has 1 aliphatic heterocycles. The third-order valence-corrected chi connectivity index (χ3v) is 3.58. The van der Waals surface area contributed by atoms with Crippen molar-refractivity contribution in [2.24, 2.45) is 5.92 Å². The molecule has 0 bridgehead atoms. The standard InChI is InChI=1S/C14H30N2O/c1-4-7-16-8-5-13(6-9-16)15-14(11-17)10-12(2)3/h12-15,17H,4-11H2,1-3H3. The molecule has 1 rings (SSSR count). The molecule has 1 unspecified atom stereocenters. The highest BCUT2D eigenvalue weighted by molar-refractivity contribution is 4.80. The molecule has 0 aliphatic carbocycles. The zero-order valence-corrected chi connectivity index (χ0v) is 11.8. The second-order valence-electron chi connectivity index (χ2n) is 5.79. The van der Waals surface area contributed by atoms with Crippen LogP contribution in [-0.2, 0) is 0 Å². The Kier molecular flexibility index (Phi) is 7.09. The Balaban J connectivity index is 2.23. The minimum atomic E-state index is 0.271. The van der Waals surface area contributed by atoms with Crippen molar-refractivity contribution in [3.05, 3.63) is 0 Å². The molecule has 0 aromatic heterocycles. The lowest BCUT2D eigenvalue weighted by molar-refractivity contribution is 0.164. The lowest BCUT2D eigenvalue weighted by atomic mass is 10.00. The monoisotopic (exact) mass is 242 g/mol. The van der Waals surface area contributed by atoms with E-state index in [1.54, 1.807) is 0 Å². The number of rotatable bonds is 7. The quantitative estimate of drug-likeness (QED) is 0.715. The summed E-state index contributed by atoms with van der Waals surface area (Å²) >= 11 is 0. The van der Waals surface area contributed by atoms with E-state index in [0.717, 1.165) is 6.42 Å². The van der Waals surface area contributed by atoms with Gasteiger partial charge in [-0.1, -0.05) is 20.8 Å². The average Bonchev–Trinajstić information content (AvgIpc) is 2.30. The van der Waals surface area contributed by atoms with Crippen molar-refractivity contribution in [1.29, 1.82) is 0 Å². The Bertz CT molecular complexity index is 189. The maximum absolute atomic E-state index is 9.37. The molecule has 1 heterocycles. The van der Waals surface area contributed by atoms with Crippen LogP contribution in [0.3, 0.4) is 0 Å². The van der Waals surface area contributed by atoms with Gasteiger partial charge in [0, 0.05) is 12.1 Å². The van der Waals surface area contributed by atoms with Crippen LogP contribution < -0.4 is 5.32 Å². The van der Waals surface area contributed by atoms with Crippen LogP contribution in [0.4, 0.5) is 0 Å². The molecular weight excluding hydrogens is 212 g/mol. The van der Waals surface area contributed by atoms with E-state index >= 15 is 0 Å². The summed E-state index contributed by atoms with van der Waals surface area (Å²) in [6.07, 6.45) is 4.79. The molecule has 17 heavy (non-hydrogen) atoms. The van der Waals surface area contributed by atoms with E-state index in [0.29, 0.717) is 12.0 Å². The van der Waals surface area contributed by atoms with Crippen LogP contribution in [0.25, 0.3) is 0 Å². The second kappa shape index (κ2) is 8.06. The summed E-state index contributed by atoms with van der Waals surface area (Å²) in [6, 6.07) is 0.900. The summed E-state index contributed by atoms with van der Waals surface area (Å²) in [5.74, 6) is 0.653. The summed E-state index contributed by atoms with van der Waals surface area (Å²) in [5, 5.41) is 13.0. The first-order valence-corrected chi connectivity index (χ1v) is 7.25. The Morgan fingerprint density at radius 3 is 2.41 bits per heavy atom. The van der Waals surface area contributed by atoms with E-state index in [2.05, 4.69) is 31.0 Å². The lowest BCUT2D eigenvalue weighted by Gasteiger charge is -2.34. The van der Waals surface area contributed by atoms with Crippen LogP contribution >= 0.6 is 0 Å². The van der Waals surface area contributed by atoms with E-state index < -0.39 is 0 Å². The van der Waals surface area contributed by atoms with Crippen molar-refractivity contribution in [3.8, 4) is 0 Å². The number of likely N-dealkylation sites (tertiary alicyclic amines) is 1. The first kappa shape index (κ1) is 14.9. The van der Waals surface area contributed by atoms with Crippen molar-refractivity contribution in [2.75, 3.05) is 26.2 Å². The Morgan fingerprint density at radius 1 is 1.29 bits per heavy atom. The van der Waals surface area contributed by atoms with E-state index in [4.69, 9.17) is 0 Å². The molecule has 0 saturated carbocycles. The summed E-state index contributed by atoms with van der Waals surface area (Å²) in [6.45, 7) is 10.6. The van der Waals surface area contributed by atoms with E-state index in [1.165, 1.54) is 38.9 Å². The van der Waals surface area contributed by atoms with Gasteiger partial charge in [0.2, 0.25) is 0 Å². The molecule has 3 nitrogen and oxygen atoms in total. The second-order valence-corrected chi connectivity index (χ2v) is 5.79. The predicted molar refractivity (Wildman–Crippen MR) is 73.2 cm³/mol. The Morgan fingerprint density at radius 2 is 1.94 bits per heavy atom. The van der Waals surface area contributed by atoms with Crippen LogP contribution in [0.1, 0.15) is 46.5 Å². The topological polar surface area (TPSA) is 35.5 Å². The van der Waals surface area contributed by atoms with Gasteiger partial charge in [0.15, 0.2) is 0 Å². The Labute approximate surface area is 107 Å². The van der Waals surface area contributed by atoms with Crippen molar-refractivity contribution < 1.29 is 5.11 Å². The molecule has 3 heteroatoms. The fourth-order valence-electron chi connectivity index (χ4n) is 2.74. The van der Waals surface area contributed by atoms with Crippen LogP contribution in [0.15, 0.2) is 0 Å². The van der Waals surface area contributed by atoms with Crippen LogP contribution in [0.2, 0.25) is 0 Å². The molecule has 0 spiro atoms. The number of hydrogen-bond donors (Lipinski definition) is 2. The fourth-order valence-corrected chi connectivity index (χ4v) is 2.74. The van der Waals surface area contributed by atoms with E-state index in [9.17, 15) is 5.11 Å². The molecule has 2 N–H and O–H groups in total. The predicted octanol–water partition coefficient (Wildman–Crippen LogP) is 1.86. The summed E-state index contributed by atoms with van der Waals surface area (Å²) < 4.78 is 0. The highest BCUT2D eigenvalue weighted by Crippen LogP contribution is 2.13. The normalized spacial score (nSPS) is 21.0. The third-order valence-electron chi connectivity index (χ3n) is 3.58. The van der Waals surface area contributed by atoms with Gasteiger partial charge in [0.25, 0.3) is 0 Å². The van der Waals surface area contributed by atoms with Gasteiger partial charge in [-0.05, 0) is 51.2 Å². The number of hydrogen-bond acceptors (Lipinski definition) is 3. The molecule has 0 aromatic rings. The minimum Gasteiger partial charge on any atom is -0.395 e. The highest BCUT2D eigenvalue weighted by atomic mass is 16.3. The van der Waals surface area contributed by atoms with Gasteiger partial charge in [0.05, 0.1) is 6.61 Å². The molecule has 1 atom stereocenters. The maximum atomic E-state index is 9.37. The van der Waals surface area contributed by atoms with Gasteiger partial charge in [-0.2, -0.15) is 0 Å². The zero-order valence-electron chi connectivity index (χ0n) is 11.8. The van der Waals surface area contributed by atoms with Gasteiger partial charge in [-0.3, -0.25) is 0 Å². The average molecular weight is 242 g/mol. The first-order chi connectivity index (χ1) is 8.15. The number of aliphatic hydroxyl groups excluding tert-OH is 1. The molecule has 0 radical (unpaired) electrons. The van der Waals surface area contributed by atoms with Gasteiger partial charge >= 0.3 is 0 Å². The number of nitrogens with zero attached hydrogens (tertiary/aromatic N) is 1. The van der Waals surface area contributed by atoms with Gasteiger partial charge < -0.3 is 15.3 Å². The van der Waals surface area contributed by atoms with Crippen molar-refractivity contribution in [3.63, 3.8) is 0 Å². The largest absolute Gasteiger partial charge is 0.395 e. The third kappa shape index (κ3) is 5.84. The fraction of sp³-hybridized carbons (Fsp3) is 1.00. The van der Waals surface area contributed by atoms with Crippen molar-refractivity contribution in [1.82, 2.24) is 10.2 Å². The smallest absolute Gasteiger partial charge is 0.0584 e. The van der Waals surface area contributed by atoms with Crippen LogP contribution in [0.5, 0.6) is 0 Å². The van der Waals surface area contributed by atoms with Crippen LogP contribution in [-0.4, -0.2) is 48.3 Å². The maximum Gasteiger partial charge on any atom is 0.0584 e. The number of nitrogens with one attached hydrogen (secondary N) is 1. The lowest BCUT2D eigenvalue weighted by Crippen LogP contribution is -2.47. The first-order valence-electron chi connectivity index (χ1n) is 7.25. The van der Waals surface area contributed by atoms with Crippen molar-refractivity contribution >= 4 is 0 Å². The van der Waals surface area contributed by atoms with Gasteiger partial charge in [-0.25, -0.2) is 0 Å². The van der Waals surface area contributed by atoms with Crippen LogP contribution in [0, 0.1) is 5.92 Å². The van der Waals surface area contributed by atoms with Gasteiger partial charge in [-0.15, -0.1) is 0 Å². The summed E-state index contributed by atoms with van der Waals surface area (Å²) in [5.41, 5.74) is 0. The van der Waals surface area contributed by atoms with E-state index in [1.807, 2.05) is 0 Å². The Hall–Kier alpha value is -0.120. The number of aliphatic hydroxyl groups is 1. The summed E-state index contributed by atoms with van der Waals surface area (Å²) in [4.78, 5) is 2.55. The van der Waals surface area contributed by atoms with Gasteiger partial charge in [0.1, 0.15) is 0 Å². The molecular formula is C14H30N2O. The minimum absolute atomic E-state index is 0.271. The zero-order chi connectivity index (χ0) is 12.7. The molecule has 1 aliphatic rings. The molecule has 1 saturated heterocycles. The molecule has 102 valence electrons. The SMILES string of the molecule is CCCN1CCC(NC(CO)CC(C)C)CC1. The number of piperidine rings is 1. The molecule has 0 aromatic carbocycles. The molecule has 1 fully saturated rings. The summed E-state index contributed by atoms with van der Waals surface area (Å²) in [7, 11) is 0. The molecule has 0 amide bonds.